The monoisotopic (exact) mass is 268 g/mol. The molecule has 0 unspecified atom stereocenters. The number of carbonyl (C=O) groups is 2. The number of amides is 2. The molecular formula is C11H16N4O2S. The van der Waals surface area contributed by atoms with Crippen molar-refractivity contribution >= 4 is 28.3 Å². The minimum Gasteiger partial charge on any atom is -0.355 e. The fourth-order valence-electron chi connectivity index (χ4n) is 2.04. The first-order valence-electron chi connectivity index (χ1n) is 6.09. The van der Waals surface area contributed by atoms with Gasteiger partial charge in [-0.25, -0.2) is 0 Å². The third-order valence-corrected chi connectivity index (χ3v) is 3.59. The van der Waals surface area contributed by atoms with Gasteiger partial charge in [-0.15, -0.1) is 10.2 Å². The smallest absolute Gasteiger partial charge is 0.227 e. The lowest BCUT2D eigenvalue weighted by atomic mass is 10.1. The van der Waals surface area contributed by atoms with Gasteiger partial charge < -0.3 is 10.6 Å². The summed E-state index contributed by atoms with van der Waals surface area (Å²) < 4.78 is 0. The van der Waals surface area contributed by atoms with Gasteiger partial charge in [0.1, 0.15) is 5.51 Å². The number of hydrogen-bond donors (Lipinski definition) is 2. The van der Waals surface area contributed by atoms with E-state index < -0.39 is 0 Å². The Labute approximate surface area is 109 Å². The third-order valence-electron chi connectivity index (χ3n) is 2.98. The van der Waals surface area contributed by atoms with E-state index in [9.17, 15) is 9.59 Å². The van der Waals surface area contributed by atoms with Gasteiger partial charge in [-0.05, 0) is 12.8 Å². The molecule has 2 N–H and O–H groups in total. The van der Waals surface area contributed by atoms with Gasteiger partial charge in [0.25, 0.3) is 0 Å². The molecule has 6 nitrogen and oxygen atoms in total. The average Bonchev–Trinajstić information content (AvgIpc) is 3.00. The summed E-state index contributed by atoms with van der Waals surface area (Å²) in [5, 5.41) is 13.2. The number of nitrogens with zero attached hydrogens (tertiary/aromatic N) is 2. The highest BCUT2D eigenvalue weighted by molar-refractivity contribution is 7.13. The fraction of sp³-hybridized carbons (Fsp3) is 0.636. The van der Waals surface area contributed by atoms with Gasteiger partial charge in [0.05, 0.1) is 0 Å². The first kappa shape index (κ1) is 12.9. The molecule has 1 aromatic heterocycles. The van der Waals surface area contributed by atoms with Crippen molar-refractivity contribution in [3.05, 3.63) is 5.51 Å². The lowest BCUT2D eigenvalue weighted by Gasteiger charge is -2.09. The number of rotatable bonds is 5. The maximum Gasteiger partial charge on any atom is 0.227 e. The highest BCUT2D eigenvalue weighted by atomic mass is 32.1. The Bertz CT molecular complexity index is 401. The lowest BCUT2D eigenvalue weighted by molar-refractivity contribution is -0.124. The molecule has 2 amide bonds. The predicted molar refractivity (Wildman–Crippen MR) is 68.1 cm³/mol. The van der Waals surface area contributed by atoms with Crippen molar-refractivity contribution in [1.82, 2.24) is 15.5 Å². The summed E-state index contributed by atoms with van der Waals surface area (Å²) in [7, 11) is 0. The molecule has 1 fully saturated rings. The second-order valence-electron chi connectivity index (χ2n) is 4.31. The van der Waals surface area contributed by atoms with E-state index in [1.165, 1.54) is 11.3 Å². The third kappa shape index (κ3) is 3.76. The van der Waals surface area contributed by atoms with E-state index in [-0.39, 0.29) is 24.2 Å². The second-order valence-corrected chi connectivity index (χ2v) is 5.15. The van der Waals surface area contributed by atoms with E-state index in [0.29, 0.717) is 11.7 Å². The Kier molecular flexibility index (Phi) is 4.63. The summed E-state index contributed by atoms with van der Waals surface area (Å²) in [6, 6.07) is 0. The zero-order valence-electron chi connectivity index (χ0n) is 10.0. The van der Waals surface area contributed by atoms with E-state index >= 15 is 0 Å². The molecule has 1 saturated carbocycles. The molecule has 0 aromatic carbocycles. The van der Waals surface area contributed by atoms with Crippen molar-refractivity contribution in [1.29, 1.82) is 0 Å². The standard InChI is InChI=1S/C11H16N4O2S/c16-9(14-11-15-13-7-18-11)5-6-12-10(17)8-3-1-2-4-8/h7-8H,1-6H2,(H,12,17)(H,14,15,16). The maximum atomic E-state index is 11.7. The Morgan fingerprint density at radius 1 is 1.39 bits per heavy atom. The van der Waals surface area contributed by atoms with Gasteiger partial charge in [-0.1, -0.05) is 24.2 Å². The van der Waals surface area contributed by atoms with Gasteiger partial charge in [-0.2, -0.15) is 0 Å². The minimum atomic E-state index is -0.154. The van der Waals surface area contributed by atoms with Crippen molar-refractivity contribution in [2.24, 2.45) is 5.92 Å². The molecule has 98 valence electrons. The normalized spacial score (nSPS) is 15.6. The summed E-state index contributed by atoms with van der Waals surface area (Å²) in [5.41, 5.74) is 1.55. The lowest BCUT2D eigenvalue weighted by Crippen LogP contribution is -2.31. The number of nitrogens with one attached hydrogen (secondary N) is 2. The highest BCUT2D eigenvalue weighted by Gasteiger charge is 2.22. The highest BCUT2D eigenvalue weighted by Crippen LogP contribution is 2.24. The van der Waals surface area contributed by atoms with Gasteiger partial charge >= 0.3 is 0 Å². The van der Waals surface area contributed by atoms with Crippen LogP contribution in [0.2, 0.25) is 0 Å². The largest absolute Gasteiger partial charge is 0.355 e. The minimum absolute atomic E-state index is 0.0798. The number of hydrogen-bond acceptors (Lipinski definition) is 5. The zero-order chi connectivity index (χ0) is 12.8. The fourth-order valence-corrected chi connectivity index (χ4v) is 2.50. The summed E-state index contributed by atoms with van der Waals surface area (Å²) in [4.78, 5) is 23.2. The van der Waals surface area contributed by atoms with Crippen molar-refractivity contribution in [2.75, 3.05) is 11.9 Å². The van der Waals surface area contributed by atoms with Gasteiger partial charge in [0.15, 0.2) is 0 Å². The molecule has 18 heavy (non-hydrogen) atoms. The van der Waals surface area contributed by atoms with Crippen LogP contribution in [-0.4, -0.2) is 28.6 Å². The molecule has 0 radical (unpaired) electrons. The summed E-state index contributed by atoms with van der Waals surface area (Å²) in [5.74, 6) is 0.0749. The maximum absolute atomic E-state index is 11.7. The molecule has 1 aromatic rings. The van der Waals surface area contributed by atoms with Gasteiger partial charge in [0.2, 0.25) is 16.9 Å². The van der Waals surface area contributed by atoms with Crippen LogP contribution in [0.5, 0.6) is 0 Å². The number of anilines is 1. The van der Waals surface area contributed by atoms with Gasteiger partial charge in [0, 0.05) is 18.9 Å². The molecule has 0 atom stereocenters. The van der Waals surface area contributed by atoms with Crippen molar-refractivity contribution < 1.29 is 9.59 Å². The molecule has 1 aliphatic carbocycles. The summed E-state index contributed by atoms with van der Waals surface area (Å²) in [6.07, 6.45) is 4.48. The molecule has 2 rings (SSSR count). The van der Waals surface area contributed by atoms with Crippen molar-refractivity contribution in [3.63, 3.8) is 0 Å². The molecule has 1 heterocycles. The Hall–Kier alpha value is -1.50. The van der Waals surface area contributed by atoms with Crippen LogP contribution >= 0.6 is 11.3 Å². The number of aromatic nitrogens is 2. The second kappa shape index (κ2) is 6.44. The molecule has 0 spiro atoms. The zero-order valence-corrected chi connectivity index (χ0v) is 10.8. The van der Waals surface area contributed by atoms with E-state index in [2.05, 4.69) is 20.8 Å². The number of carbonyl (C=O) groups excluding carboxylic acids is 2. The predicted octanol–water partition coefficient (Wildman–Crippen LogP) is 1.17. The quantitative estimate of drug-likeness (QED) is 0.839. The topological polar surface area (TPSA) is 84.0 Å². The van der Waals surface area contributed by atoms with Crippen LogP contribution in [-0.2, 0) is 9.59 Å². The Morgan fingerprint density at radius 2 is 2.17 bits per heavy atom. The molecule has 0 bridgehead atoms. The van der Waals surface area contributed by atoms with Crippen LogP contribution in [0, 0.1) is 5.92 Å². The summed E-state index contributed by atoms with van der Waals surface area (Å²) in [6.45, 7) is 0.375. The Balaban J connectivity index is 1.62. The van der Waals surface area contributed by atoms with Crippen molar-refractivity contribution in [3.8, 4) is 0 Å². The molecular weight excluding hydrogens is 252 g/mol. The molecule has 7 heteroatoms. The summed E-state index contributed by atoms with van der Waals surface area (Å²) >= 11 is 1.27. The van der Waals surface area contributed by atoms with Gasteiger partial charge in [-0.3, -0.25) is 9.59 Å². The van der Waals surface area contributed by atoms with E-state index in [1.54, 1.807) is 5.51 Å². The van der Waals surface area contributed by atoms with Crippen molar-refractivity contribution in [2.45, 2.75) is 32.1 Å². The molecule has 1 aliphatic rings. The molecule has 0 aliphatic heterocycles. The molecule has 0 saturated heterocycles. The first-order valence-corrected chi connectivity index (χ1v) is 6.97. The van der Waals surface area contributed by atoms with Crippen LogP contribution in [0.3, 0.4) is 0 Å². The average molecular weight is 268 g/mol. The van der Waals surface area contributed by atoms with E-state index in [4.69, 9.17) is 0 Å². The van der Waals surface area contributed by atoms with Crippen LogP contribution < -0.4 is 10.6 Å². The van der Waals surface area contributed by atoms with E-state index in [1.807, 2.05) is 0 Å². The van der Waals surface area contributed by atoms with Crippen LogP contribution in [0.4, 0.5) is 5.13 Å². The SMILES string of the molecule is O=C(CCNC(=O)C1CCCC1)Nc1nncs1. The Morgan fingerprint density at radius 3 is 2.83 bits per heavy atom. The van der Waals surface area contributed by atoms with Crippen LogP contribution in [0.15, 0.2) is 5.51 Å². The first-order chi connectivity index (χ1) is 8.75. The van der Waals surface area contributed by atoms with Crippen LogP contribution in [0.25, 0.3) is 0 Å². The van der Waals surface area contributed by atoms with E-state index in [0.717, 1.165) is 25.7 Å². The van der Waals surface area contributed by atoms with Crippen LogP contribution in [0.1, 0.15) is 32.1 Å².